The van der Waals surface area contributed by atoms with Crippen LogP contribution in [0.5, 0.6) is 0 Å². The molecule has 1 N–H and O–H groups in total. The zero-order valence-electron chi connectivity index (χ0n) is 17.1. The molecule has 2 aromatic rings. The fourth-order valence-corrected chi connectivity index (χ4v) is 3.41. The molecule has 10 heteroatoms. The summed E-state index contributed by atoms with van der Waals surface area (Å²) in [6, 6.07) is 8.26. The number of amides is 2. The van der Waals surface area contributed by atoms with Crippen molar-refractivity contribution >= 4 is 35.3 Å². The number of hydrogen-bond acceptors (Lipinski definition) is 8. The second-order valence-electron chi connectivity index (χ2n) is 6.74. The maximum absolute atomic E-state index is 12.8. The van der Waals surface area contributed by atoms with Crippen molar-refractivity contribution in [3.05, 3.63) is 46.7 Å². The normalized spacial score (nSPS) is 15.4. The lowest BCUT2D eigenvalue weighted by Crippen LogP contribution is -2.29. The first-order valence-corrected chi connectivity index (χ1v) is 9.22. The number of nitriles is 1. The number of aryl methyl sites for hydroxylation is 1. The third-order valence-electron chi connectivity index (χ3n) is 4.92. The zero-order chi connectivity index (χ0) is 22.7. The number of ether oxygens (including phenoxy) is 2. The number of rotatable bonds is 5. The molecule has 0 radical (unpaired) electrons. The van der Waals surface area contributed by atoms with Crippen LogP contribution >= 0.6 is 0 Å². The Hall–Kier alpha value is -4.13. The van der Waals surface area contributed by atoms with Gasteiger partial charge in [0.1, 0.15) is 23.0 Å². The largest absolute Gasteiger partial charge is 0.465 e. The fourth-order valence-electron chi connectivity index (χ4n) is 3.41. The molecule has 1 atom stereocenters. The zero-order valence-corrected chi connectivity index (χ0v) is 17.1. The van der Waals surface area contributed by atoms with Gasteiger partial charge in [-0.15, -0.1) is 0 Å². The number of methoxy groups -OCH3 is 2. The molecule has 2 amide bonds. The van der Waals surface area contributed by atoms with Gasteiger partial charge >= 0.3 is 11.9 Å². The summed E-state index contributed by atoms with van der Waals surface area (Å²) in [6.07, 6.45) is -0.104. The van der Waals surface area contributed by atoms with Crippen LogP contribution in [0.2, 0.25) is 0 Å². The summed E-state index contributed by atoms with van der Waals surface area (Å²) in [5.41, 5.74) is 0.316. The van der Waals surface area contributed by atoms with E-state index in [9.17, 15) is 24.4 Å². The van der Waals surface area contributed by atoms with Crippen LogP contribution in [-0.2, 0) is 19.1 Å². The number of carbonyl (C=O) groups is 4. The number of carbonyl (C=O) groups excluding carboxylic acids is 4. The second kappa shape index (κ2) is 8.71. The maximum Gasteiger partial charge on any atom is 0.342 e. The number of furan rings is 1. The van der Waals surface area contributed by atoms with Crippen molar-refractivity contribution in [2.75, 3.05) is 31.0 Å². The number of nitrogens with zero attached hydrogens (tertiary/aromatic N) is 2. The molecule has 10 nitrogen and oxygen atoms in total. The summed E-state index contributed by atoms with van der Waals surface area (Å²) in [5, 5.41) is 11.9. The highest BCUT2D eigenvalue weighted by atomic mass is 16.5. The van der Waals surface area contributed by atoms with Crippen LogP contribution in [0.3, 0.4) is 0 Å². The van der Waals surface area contributed by atoms with Crippen molar-refractivity contribution in [3.8, 4) is 6.07 Å². The van der Waals surface area contributed by atoms with Crippen molar-refractivity contribution < 1.29 is 33.1 Å². The van der Waals surface area contributed by atoms with Crippen molar-refractivity contribution in [1.29, 1.82) is 5.26 Å². The molecule has 1 aromatic carbocycles. The van der Waals surface area contributed by atoms with E-state index in [1.807, 2.05) is 6.07 Å². The summed E-state index contributed by atoms with van der Waals surface area (Å²) < 4.78 is 14.8. The lowest BCUT2D eigenvalue weighted by atomic mass is 10.1. The minimum atomic E-state index is -0.767. The van der Waals surface area contributed by atoms with Gasteiger partial charge in [-0.1, -0.05) is 12.1 Å². The van der Waals surface area contributed by atoms with Crippen molar-refractivity contribution in [2.24, 2.45) is 5.92 Å². The molecule has 160 valence electrons. The van der Waals surface area contributed by atoms with E-state index < -0.39 is 23.8 Å². The average molecular weight is 425 g/mol. The maximum atomic E-state index is 12.8. The molecule has 31 heavy (non-hydrogen) atoms. The van der Waals surface area contributed by atoms with Gasteiger partial charge in [-0.3, -0.25) is 14.9 Å². The molecule has 1 saturated heterocycles. The van der Waals surface area contributed by atoms with Crippen LogP contribution in [0.1, 0.15) is 38.5 Å². The van der Waals surface area contributed by atoms with Gasteiger partial charge in [0.25, 0.3) is 0 Å². The molecule has 1 aromatic heterocycles. The van der Waals surface area contributed by atoms with Crippen LogP contribution in [-0.4, -0.2) is 44.5 Å². The van der Waals surface area contributed by atoms with Crippen LogP contribution < -0.4 is 10.2 Å². The molecule has 1 unspecified atom stereocenters. The van der Waals surface area contributed by atoms with Gasteiger partial charge in [0.2, 0.25) is 17.7 Å². The van der Waals surface area contributed by atoms with Crippen molar-refractivity contribution in [3.63, 3.8) is 0 Å². The minimum Gasteiger partial charge on any atom is -0.465 e. The molecule has 0 spiro atoms. The van der Waals surface area contributed by atoms with E-state index in [4.69, 9.17) is 9.15 Å². The van der Waals surface area contributed by atoms with Crippen LogP contribution in [0.4, 0.5) is 11.6 Å². The Morgan fingerprint density at radius 3 is 2.52 bits per heavy atom. The van der Waals surface area contributed by atoms with E-state index in [-0.39, 0.29) is 47.2 Å². The SMILES string of the molecule is COC(=O)c1ccccc1N1CC(C(=O)Nc2oc(C)c(C(=O)OC)c2C#N)CC1=O. The highest BCUT2D eigenvalue weighted by Gasteiger charge is 2.37. The Morgan fingerprint density at radius 1 is 1.19 bits per heavy atom. The predicted octanol–water partition coefficient (Wildman–Crippen LogP) is 2.02. The topological polar surface area (TPSA) is 139 Å². The van der Waals surface area contributed by atoms with E-state index in [0.29, 0.717) is 5.69 Å². The van der Waals surface area contributed by atoms with Crippen LogP contribution in [0.15, 0.2) is 28.7 Å². The predicted molar refractivity (Wildman–Crippen MR) is 106 cm³/mol. The highest BCUT2D eigenvalue weighted by Crippen LogP contribution is 2.31. The van der Waals surface area contributed by atoms with E-state index in [0.717, 1.165) is 0 Å². The molecule has 0 saturated carbocycles. The molecule has 2 heterocycles. The molecule has 1 fully saturated rings. The number of benzene rings is 1. The number of esters is 2. The lowest BCUT2D eigenvalue weighted by Gasteiger charge is -2.19. The molecule has 0 bridgehead atoms. The van der Waals surface area contributed by atoms with Gasteiger partial charge in [-0.05, 0) is 19.1 Å². The number of nitrogens with one attached hydrogen (secondary N) is 1. The Kier molecular flexibility index (Phi) is 6.06. The molecule has 0 aliphatic carbocycles. The van der Waals surface area contributed by atoms with E-state index in [2.05, 4.69) is 10.1 Å². The fraction of sp³-hybridized carbons (Fsp3) is 0.286. The van der Waals surface area contributed by atoms with E-state index in [1.54, 1.807) is 18.2 Å². The molecular formula is C21H19N3O7. The Balaban J connectivity index is 1.82. The van der Waals surface area contributed by atoms with Crippen LogP contribution in [0, 0.1) is 24.2 Å². The monoisotopic (exact) mass is 425 g/mol. The summed E-state index contributed by atoms with van der Waals surface area (Å²) in [5.74, 6) is -3.11. The van der Waals surface area contributed by atoms with E-state index >= 15 is 0 Å². The van der Waals surface area contributed by atoms with Gasteiger partial charge in [0.05, 0.1) is 31.4 Å². The third-order valence-corrected chi connectivity index (χ3v) is 4.92. The number of hydrogen-bond donors (Lipinski definition) is 1. The minimum absolute atomic E-state index is 0.0180. The van der Waals surface area contributed by atoms with Crippen LogP contribution in [0.25, 0.3) is 0 Å². The molecule has 1 aliphatic heterocycles. The Morgan fingerprint density at radius 2 is 1.87 bits per heavy atom. The molecular weight excluding hydrogens is 406 g/mol. The Labute approximate surface area is 177 Å². The highest BCUT2D eigenvalue weighted by molar-refractivity contribution is 6.07. The second-order valence-corrected chi connectivity index (χ2v) is 6.74. The van der Waals surface area contributed by atoms with E-state index in [1.165, 1.54) is 32.1 Å². The quantitative estimate of drug-likeness (QED) is 0.718. The van der Waals surface area contributed by atoms with Gasteiger partial charge in [0.15, 0.2) is 0 Å². The third kappa shape index (κ3) is 3.98. The smallest absolute Gasteiger partial charge is 0.342 e. The average Bonchev–Trinajstić information content (AvgIpc) is 3.31. The number of anilines is 2. The summed E-state index contributed by atoms with van der Waals surface area (Å²) in [4.78, 5) is 50.6. The first-order valence-electron chi connectivity index (χ1n) is 9.22. The first-order chi connectivity index (χ1) is 14.8. The lowest BCUT2D eigenvalue weighted by molar-refractivity contribution is -0.122. The summed E-state index contributed by atoms with van der Waals surface area (Å²) in [6.45, 7) is 1.48. The first kappa shape index (κ1) is 21.6. The van der Waals surface area contributed by atoms with Crippen molar-refractivity contribution in [1.82, 2.24) is 0 Å². The van der Waals surface area contributed by atoms with Gasteiger partial charge < -0.3 is 18.8 Å². The van der Waals surface area contributed by atoms with Gasteiger partial charge in [-0.2, -0.15) is 5.26 Å². The molecule has 1 aliphatic rings. The van der Waals surface area contributed by atoms with Gasteiger partial charge in [0, 0.05) is 13.0 Å². The standard InChI is InChI=1S/C21H19N3O7/c1-11-17(21(28)30-3)14(9-22)19(31-11)23-18(26)12-8-16(25)24(10-12)15-7-5-4-6-13(15)20(27)29-2/h4-7,12H,8,10H2,1-3H3,(H,23,26). The molecule has 3 rings (SSSR count). The summed E-state index contributed by atoms with van der Waals surface area (Å²) >= 11 is 0. The summed E-state index contributed by atoms with van der Waals surface area (Å²) in [7, 11) is 2.40. The van der Waals surface area contributed by atoms with Gasteiger partial charge in [-0.25, -0.2) is 9.59 Å². The van der Waals surface area contributed by atoms with Crippen molar-refractivity contribution in [2.45, 2.75) is 13.3 Å². The Bertz CT molecular complexity index is 1110. The number of para-hydroxylation sites is 1.